The van der Waals surface area contributed by atoms with Gasteiger partial charge in [0, 0.05) is 36.7 Å². The van der Waals surface area contributed by atoms with Gasteiger partial charge in [0.25, 0.3) is 0 Å². The normalized spacial score (nSPS) is 20.3. The van der Waals surface area contributed by atoms with Crippen molar-refractivity contribution in [2.24, 2.45) is 5.92 Å². The molecule has 0 amide bonds. The van der Waals surface area contributed by atoms with E-state index >= 15 is 0 Å². The number of aryl methyl sites for hydroxylation is 1. The molecule has 0 bridgehead atoms. The molecule has 0 saturated carbocycles. The number of benzene rings is 3. The molecule has 0 aliphatic carbocycles. The van der Waals surface area contributed by atoms with Gasteiger partial charge in [0.2, 0.25) is 0 Å². The van der Waals surface area contributed by atoms with E-state index in [9.17, 15) is 5.11 Å². The molecular weight excluding hydrogens is 408 g/mol. The first-order chi connectivity index (χ1) is 16.2. The summed E-state index contributed by atoms with van der Waals surface area (Å²) in [5, 5.41) is 17.5. The van der Waals surface area contributed by atoms with Gasteiger partial charge < -0.3 is 20.5 Å². The van der Waals surface area contributed by atoms with Crippen LogP contribution in [0.5, 0.6) is 5.75 Å². The Morgan fingerprint density at radius 3 is 2.24 bits per heavy atom. The number of hydrogen-bond donors (Lipinski definition) is 3. The number of nitrogens with one attached hydrogen (secondary N) is 2. The second kappa shape index (κ2) is 11.5. The van der Waals surface area contributed by atoms with Gasteiger partial charge in [-0.05, 0) is 48.1 Å². The van der Waals surface area contributed by atoms with Crippen molar-refractivity contribution in [2.75, 3.05) is 20.3 Å². The van der Waals surface area contributed by atoms with E-state index in [1.165, 1.54) is 22.3 Å². The molecule has 1 fully saturated rings. The molecule has 3 aromatic rings. The van der Waals surface area contributed by atoms with E-state index in [1.54, 1.807) is 7.11 Å². The standard InChI is InChI=1S/C29H36N2O2/c1-3-21-14-15-26(33-2)25(18-21)20-30-28-24(16-17-32)19-31-29(28)27(22-10-6-4-7-11-22)23-12-8-5-9-13-23/h4-15,18,24,27-32H,3,16-17,19-20H2,1-2H3. The van der Waals surface area contributed by atoms with E-state index in [-0.39, 0.29) is 24.6 Å². The Morgan fingerprint density at radius 1 is 1.00 bits per heavy atom. The minimum atomic E-state index is 0.202. The number of hydrogen-bond acceptors (Lipinski definition) is 4. The average molecular weight is 445 g/mol. The maximum Gasteiger partial charge on any atom is 0.123 e. The van der Waals surface area contributed by atoms with Gasteiger partial charge in [0.15, 0.2) is 0 Å². The van der Waals surface area contributed by atoms with Crippen LogP contribution in [0.1, 0.15) is 41.5 Å². The van der Waals surface area contributed by atoms with Crippen LogP contribution in [-0.4, -0.2) is 37.5 Å². The Balaban J connectivity index is 1.65. The summed E-state index contributed by atoms with van der Waals surface area (Å²) in [6.07, 6.45) is 1.78. The molecule has 33 heavy (non-hydrogen) atoms. The van der Waals surface area contributed by atoms with Gasteiger partial charge in [0.1, 0.15) is 5.75 Å². The molecule has 4 rings (SSSR count). The van der Waals surface area contributed by atoms with Gasteiger partial charge in [-0.3, -0.25) is 0 Å². The first-order valence-corrected chi connectivity index (χ1v) is 12.1. The van der Waals surface area contributed by atoms with E-state index in [0.717, 1.165) is 31.7 Å². The van der Waals surface area contributed by atoms with E-state index in [2.05, 4.69) is 96.4 Å². The molecular formula is C29H36N2O2. The minimum Gasteiger partial charge on any atom is -0.496 e. The molecule has 3 N–H and O–H groups in total. The van der Waals surface area contributed by atoms with Crippen molar-refractivity contribution in [1.29, 1.82) is 0 Å². The Bertz CT molecular complexity index is 954. The second-order valence-electron chi connectivity index (χ2n) is 8.91. The highest BCUT2D eigenvalue weighted by Gasteiger charge is 2.40. The van der Waals surface area contributed by atoms with Crippen molar-refractivity contribution in [1.82, 2.24) is 10.6 Å². The molecule has 1 aliphatic heterocycles. The summed E-state index contributed by atoms with van der Waals surface area (Å²) >= 11 is 0. The smallest absolute Gasteiger partial charge is 0.123 e. The van der Waals surface area contributed by atoms with Gasteiger partial charge in [-0.15, -0.1) is 0 Å². The van der Waals surface area contributed by atoms with Crippen LogP contribution in [0.2, 0.25) is 0 Å². The zero-order chi connectivity index (χ0) is 23.0. The van der Waals surface area contributed by atoms with E-state index in [1.807, 2.05) is 0 Å². The molecule has 174 valence electrons. The van der Waals surface area contributed by atoms with Crippen LogP contribution in [0, 0.1) is 5.92 Å². The fraction of sp³-hybridized carbons (Fsp3) is 0.379. The van der Waals surface area contributed by atoms with Crippen LogP contribution in [0.25, 0.3) is 0 Å². The lowest BCUT2D eigenvalue weighted by atomic mass is 9.80. The maximum absolute atomic E-state index is 9.76. The van der Waals surface area contributed by atoms with Crippen LogP contribution < -0.4 is 15.4 Å². The van der Waals surface area contributed by atoms with Gasteiger partial charge in [-0.1, -0.05) is 79.7 Å². The SMILES string of the molecule is CCc1ccc(OC)c(CNC2C(CCO)CNC2C(c2ccccc2)c2ccccc2)c1. The topological polar surface area (TPSA) is 53.5 Å². The summed E-state index contributed by atoms with van der Waals surface area (Å²) in [4.78, 5) is 0. The van der Waals surface area contributed by atoms with Crippen LogP contribution in [0.3, 0.4) is 0 Å². The van der Waals surface area contributed by atoms with Gasteiger partial charge >= 0.3 is 0 Å². The van der Waals surface area contributed by atoms with Crippen LogP contribution in [-0.2, 0) is 13.0 Å². The molecule has 1 saturated heterocycles. The number of rotatable bonds is 10. The average Bonchev–Trinajstić information content (AvgIpc) is 3.26. The van der Waals surface area contributed by atoms with Crippen molar-refractivity contribution in [2.45, 2.75) is 44.3 Å². The molecule has 4 nitrogen and oxygen atoms in total. The number of aliphatic hydroxyl groups is 1. The van der Waals surface area contributed by atoms with Crippen LogP contribution >= 0.6 is 0 Å². The Hall–Kier alpha value is -2.66. The quantitative estimate of drug-likeness (QED) is 0.430. The van der Waals surface area contributed by atoms with Crippen molar-refractivity contribution < 1.29 is 9.84 Å². The zero-order valence-corrected chi connectivity index (χ0v) is 19.7. The highest BCUT2D eigenvalue weighted by molar-refractivity contribution is 5.38. The molecule has 1 heterocycles. The van der Waals surface area contributed by atoms with Crippen molar-refractivity contribution in [3.8, 4) is 5.75 Å². The lowest BCUT2D eigenvalue weighted by Crippen LogP contribution is -2.46. The summed E-state index contributed by atoms with van der Waals surface area (Å²) in [6.45, 7) is 4.01. The number of methoxy groups -OCH3 is 1. The molecule has 3 aromatic carbocycles. The Labute approximate surface area is 198 Å². The van der Waals surface area contributed by atoms with Gasteiger partial charge in [0.05, 0.1) is 7.11 Å². The zero-order valence-electron chi connectivity index (χ0n) is 19.7. The Morgan fingerprint density at radius 2 is 1.67 bits per heavy atom. The number of aliphatic hydroxyl groups excluding tert-OH is 1. The molecule has 1 aliphatic rings. The first-order valence-electron chi connectivity index (χ1n) is 12.1. The van der Waals surface area contributed by atoms with E-state index in [4.69, 9.17) is 4.74 Å². The van der Waals surface area contributed by atoms with Crippen LogP contribution in [0.15, 0.2) is 78.9 Å². The van der Waals surface area contributed by atoms with E-state index in [0.29, 0.717) is 5.92 Å². The summed E-state index contributed by atoms with van der Waals surface area (Å²) in [5.41, 5.74) is 5.11. The maximum atomic E-state index is 9.76. The third kappa shape index (κ3) is 5.47. The van der Waals surface area contributed by atoms with Crippen LogP contribution in [0.4, 0.5) is 0 Å². The summed E-state index contributed by atoms with van der Waals surface area (Å²) in [6, 6.07) is 28.4. The van der Waals surface area contributed by atoms with Gasteiger partial charge in [-0.2, -0.15) is 0 Å². The molecule has 4 heteroatoms. The second-order valence-corrected chi connectivity index (χ2v) is 8.91. The molecule has 3 unspecified atom stereocenters. The van der Waals surface area contributed by atoms with E-state index < -0.39 is 0 Å². The minimum absolute atomic E-state index is 0.202. The van der Waals surface area contributed by atoms with Crippen molar-refractivity contribution in [3.63, 3.8) is 0 Å². The number of ether oxygens (including phenoxy) is 1. The largest absolute Gasteiger partial charge is 0.496 e. The highest BCUT2D eigenvalue weighted by Crippen LogP contribution is 2.35. The molecule has 0 aromatic heterocycles. The molecule has 0 radical (unpaired) electrons. The van der Waals surface area contributed by atoms with Gasteiger partial charge in [-0.25, -0.2) is 0 Å². The first kappa shape index (κ1) is 23.5. The molecule has 3 atom stereocenters. The summed E-state index contributed by atoms with van der Waals surface area (Å²) < 4.78 is 5.65. The van der Waals surface area contributed by atoms with Crippen molar-refractivity contribution in [3.05, 3.63) is 101 Å². The fourth-order valence-electron chi connectivity index (χ4n) is 5.25. The Kier molecular flexibility index (Phi) is 8.16. The highest BCUT2D eigenvalue weighted by atomic mass is 16.5. The monoisotopic (exact) mass is 444 g/mol. The summed E-state index contributed by atoms with van der Waals surface area (Å²) in [5.74, 6) is 1.50. The van der Waals surface area contributed by atoms with Crippen molar-refractivity contribution >= 4 is 0 Å². The predicted molar refractivity (Wildman–Crippen MR) is 135 cm³/mol. The third-order valence-corrected chi connectivity index (χ3v) is 6.97. The fourth-order valence-corrected chi connectivity index (χ4v) is 5.25. The lowest BCUT2D eigenvalue weighted by molar-refractivity contribution is 0.241. The summed E-state index contributed by atoms with van der Waals surface area (Å²) in [7, 11) is 1.74. The molecule has 0 spiro atoms. The third-order valence-electron chi connectivity index (χ3n) is 6.97. The predicted octanol–water partition coefficient (Wildman–Crippen LogP) is 4.52. The lowest BCUT2D eigenvalue weighted by Gasteiger charge is -2.32.